The molecule has 0 bridgehead atoms. The minimum Gasteiger partial charge on any atom is -0.374 e. The van der Waals surface area contributed by atoms with Crippen molar-refractivity contribution in [3.8, 4) is 0 Å². The van der Waals surface area contributed by atoms with Crippen LogP contribution in [0.4, 0.5) is 4.79 Å². The van der Waals surface area contributed by atoms with Crippen LogP contribution in [0.15, 0.2) is 0 Å². The number of hydrogen-bond acceptors (Lipinski definition) is 8. The molecule has 0 aromatic carbocycles. The molecule has 0 fully saturated rings. The highest BCUT2D eigenvalue weighted by Crippen LogP contribution is 2.17. The largest absolute Gasteiger partial charge is 0.634 e. The third kappa shape index (κ3) is 10.8. The van der Waals surface area contributed by atoms with E-state index in [4.69, 9.17) is 26.6 Å². The molecule has 0 aliphatic heterocycles. The van der Waals surface area contributed by atoms with E-state index in [-0.39, 0.29) is 0 Å². The van der Waals surface area contributed by atoms with Gasteiger partial charge in [-0.25, -0.2) is 10.2 Å². The topological polar surface area (TPSA) is 109 Å². The zero-order valence-electron chi connectivity index (χ0n) is 18.2. The summed E-state index contributed by atoms with van der Waals surface area (Å²) in [6.07, 6.45) is 0.720. The summed E-state index contributed by atoms with van der Waals surface area (Å²) in [5.74, 6) is 0. The Kier molecular flexibility index (Phi) is 15.9. The van der Waals surface area contributed by atoms with Crippen molar-refractivity contribution >= 4 is 23.8 Å². The quantitative estimate of drug-likeness (QED) is 0.168. The molecule has 168 valence electrons. The van der Waals surface area contributed by atoms with Crippen LogP contribution in [0.25, 0.3) is 0 Å². The molecule has 0 aromatic rings. The Labute approximate surface area is 171 Å². The Morgan fingerprint density at radius 2 is 1.14 bits per heavy atom. The van der Waals surface area contributed by atoms with E-state index in [0.717, 1.165) is 6.42 Å². The van der Waals surface area contributed by atoms with E-state index in [2.05, 4.69) is 15.8 Å². The van der Waals surface area contributed by atoms with Crippen molar-refractivity contribution in [2.24, 2.45) is 0 Å². The number of nitrogens with one attached hydrogen (secondary N) is 3. The predicted octanol–water partition coefficient (Wildman–Crippen LogP) is 1.77. The van der Waals surface area contributed by atoms with Crippen LogP contribution in [0.2, 0.25) is 6.04 Å². The zero-order chi connectivity index (χ0) is 21.3. The van der Waals surface area contributed by atoms with E-state index in [9.17, 15) is 4.79 Å². The molecule has 28 heavy (non-hydrogen) atoms. The Morgan fingerprint density at radius 1 is 0.714 bits per heavy atom. The molecule has 0 unspecified atom stereocenters. The van der Waals surface area contributed by atoms with Gasteiger partial charge in [0, 0.05) is 52.2 Å². The number of carbonyl (C=O) groups excluding carboxylic acids is 1. The Morgan fingerprint density at radius 3 is 1.54 bits per heavy atom. The summed E-state index contributed by atoms with van der Waals surface area (Å²) < 4.78 is 34.2. The van der Waals surface area contributed by atoms with E-state index >= 15 is 0 Å². The maximum absolute atomic E-state index is 12.2. The first-order valence-corrected chi connectivity index (χ1v) is 13.8. The van der Waals surface area contributed by atoms with Crippen molar-refractivity contribution in [3.63, 3.8) is 0 Å². The fourth-order valence-electron chi connectivity index (χ4n) is 2.51. The summed E-state index contributed by atoms with van der Waals surface area (Å²) >= 11 is 0. The van der Waals surface area contributed by atoms with Crippen LogP contribution in [0, 0.1) is 0 Å². The van der Waals surface area contributed by atoms with Gasteiger partial charge < -0.3 is 26.6 Å². The molecule has 0 aliphatic carbocycles. The molecule has 0 spiro atoms. The highest BCUT2D eigenvalue weighted by Gasteiger charge is 2.44. The van der Waals surface area contributed by atoms with Gasteiger partial charge in [-0.1, -0.05) is 0 Å². The molecule has 2 amide bonds. The Bertz CT molecular complexity index is 374. The summed E-state index contributed by atoms with van der Waals surface area (Å²) in [4.78, 5) is 14.9. The lowest BCUT2D eigenvalue weighted by atomic mass is 10.5. The molecule has 12 heteroatoms. The molecule has 0 radical (unpaired) electrons. The van der Waals surface area contributed by atoms with E-state index in [1.165, 1.54) is 0 Å². The van der Waals surface area contributed by atoms with Gasteiger partial charge >= 0.3 is 23.8 Å². The van der Waals surface area contributed by atoms with Crippen LogP contribution < -0.4 is 15.8 Å². The second-order valence-corrected chi connectivity index (χ2v) is 10.4. The maximum Gasteiger partial charge on any atom is 0.634 e. The molecular formula is C16H39N3O7Si2. The van der Waals surface area contributed by atoms with Gasteiger partial charge in [0.05, 0.1) is 0 Å². The number of carbonyl (C=O) groups is 1. The summed E-state index contributed by atoms with van der Waals surface area (Å²) in [6.45, 7) is 14.5. The lowest BCUT2D eigenvalue weighted by Gasteiger charge is -2.28. The van der Waals surface area contributed by atoms with Crippen LogP contribution in [-0.4, -0.2) is 70.0 Å². The van der Waals surface area contributed by atoms with Crippen LogP contribution in [0.1, 0.15) is 48.0 Å². The van der Waals surface area contributed by atoms with E-state index in [1.54, 1.807) is 0 Å². The lowest BCUT2D eigenvalue weighted by molar-refractivity contribution is 0.0629. The fraction of sp³-hybridized carbons (Fsp3) is 0.938. The molecule has 0 aromatic heterocycles. The maximum atomic E-state index is 12.2. The van der Waals surface area contributed by atoms with Gasteiger partial charge in [0.1, 0.15) is 0 Å². The second-order valence-electron chi connectivity index (χ2n) is 5.45. The van der Waals surface area contributed by atoms with E-state index in [0.29, 0.717) is 52.2 Å². The van der Waals surface area contributed by atoms with Crippen LogP contribution >= 0.6 is 0 Å². The lowest BCUT2D eigenvalue weighted by Crippen LogP contribution is -2.64. The normalized spacial score (nSPS) is 12.2. The van der Waals surface area contributed by atoms with Gasteiger partial charge in [-0.15, -0.1) is 0 Å². The molecule has 0 atom stereocenters. The van der Waals surface area contributed by atoms with Crippen molar-refractivity contribution in [1.82, 2.24) is 15.8 Å². The van der Waals surface area contributed by atoms with Gasteiger partial charge in [-0.3, -0.25) is 10.4 Å². The molecule has 0 saturated carbocycles. The third-order valence-corrected chi connectivity index (χ3v) is 9.04. The van der Waals surface area contributed by atoms with Crippen LogP contribution in [0.5, 0.6) is 0 Å². The van der Waals surface area contributed by atoms with Gasteiger partial charge in [-0.2, -0.15) is 0 Å². The van der Waals surface area contributed by atoms with Crippen molar-refractivity contribution in [3.05, 3.63) is 0 Å². The zero-order valence-corrected chi connectivity index (χ0v) is 20.2. The molecule has 0 rings (SSSR count). The van der Waals surface area contributed by atoms with Crippen molar-refractivity contribution in [2.45, 2.75) is 54.0 Å². The first kappa shape index (κ1) is 27.4. The number of rotatable bonds is 18. The molecule has 10 nitrogen and oxygen atoms in total. The summed E-state index contributed by atoms with van der Waals surface area (Å²) in [6, 6.07) is 0.193. The minimum absolute atomic E-state index is 0.374. The SMILES string of the molecule is CCO[Si](CCCNNC(=O)N[Si](OCC)(OCC)OCC)(OCC)OCC. The monoisotopic (exact) mass is 441 g/mol. The summed E-state index contributed by atoms with van der Waals surface area (Å²) in [5, 5.41) is 0. The van der Waals surface area contributed by atoms with Crippen LogP contribution in [0.3, 0.4) is 0 Å². The molecule has 0 saturated heterocycles. The van der Waals surface area contributed by atoms with Gasteiger partial charge in [0.2, 0.25) is 0 Å². The standard InChI is InChI=1S/C16H39N3O7Si2/c1-7-21-27(22-8-2,23-9-3)15-13-14-17-18-16(20)19-28(24-10-4,25-11-5)26-12-6/h17H,7-15H2,1-6H3,(H2,18,19,20). The Balaban J connectivity index is 4.47. The predicted molar refractivity (Wildman–Crippen MR) is 110 cm³/mol. The summed E-state index contributed by atoms with van der Waals surface area (Å²) in [5.41, 5.74) is 5.47. The second kappa shape index (κ2) is 16.2. The van der Waals surface area contributed by atoms with Gasteiger partial charge in [-0.05, 0) is 48.0 Å². The first-order chi connectivity index (χ1) is 13.5. The molecule has 0 aliphatic rings. The smallest absolute Gasteiger partial charge is 0.374 e. The third-order valence-electron chi connectivity index (χ3n) is 3.35. The van der Waals surface area contributed by atoms with Gasteiger partial charge in [0.15, 0.2) is 0 Å². The first-order valence-electron chi connectivity index (χ1n) is 10.1. The highest BCUT2D eigenvalue weighted by atomic mass is 28.4. The van der Waals surface area contributed by atoms with Crippen molar-refractivity contribution < 1.29 is 31.4 Å². The van der Waals surface area contributed by atoms with E-state index in [1.807, 2.05) is 41.5 Å². The van der Waals surface area contributed by atoms with Crippen LogP contribution in [-0.2, 0) is 26.6 Å². The average molecular weight is 442 g/mol. The average Bonchev–Trinajstić information content (AvgIpc) is 2.62. The van der Waals surface area contributed by atoms with E-state index < -0.39 is 23.8 Å². The molecular weight excluding hydrogens is 402 g/mol. The Hall–Kier alpha value is -0.576. The number of urea groups is 1. The number of hydrazine groups is 1. The number of amides is 2. The fourth-order valence-corrected chi connectivity index (χ4v) is 7.07. The highest BCUT2D eigenvalue weighted by molar-refractivity contribution is 6.61. The number of hydrogen-bond donors (Lipinski definition) is 3. The minimum atomic E-state index is -3.24. The summed E-state index contributed by atoms with van der Waals surface area (Å²) in [7, 11) is -5.91. The van der Waals surface area contributed by atoms with Crippen molar-refractivity contribution in [1.29, 1.82) is 0 Å². The molecule has 0 heterocycles. The van der Waals surface area contributed by atoms with Crippen molar-refractivity contribution in [2.75, 3.05) is 46.2 Å². The molecule has 3 N–H and O–H groups in total. The van der Waals surface area contributed by atoms with Gasteiger partial charge in [0.25, 0.3) is 0 Å².